The summed E-state index contributed by atoms with van der Waals surface area (Å²) < 4.78 is 0. The van der Waals surface area contributed by atoms with Gasteiger partial charge in [0, 0.05) is 19.6 Å². The highest BCUT2D eigenvalue weighted by atomic mass is 16.3. The highest BCUT2D eigenvalue weighted by Crippen LogP contribution is 2.23. The molecule has 1 aromatic rings. The summed E-state index contributed by atoms with van der Waals surface area (Å²) in [6, 6.07) is 6.97. The fourth-order valence-corrected chi connectivity index (χ4v) is 2.59. The second-order valence-corrected chi connectivity index (χ2v) is 5.19. The number of hydrogen-bond acceptors (Lipinski definition) is 4. The first-order valence-electron chi connectivity index (χ1n) is 6.56. The number of likely N-dealkylation sites (tertiary alicyclic amines) is 1. The van der Waals surface area contributed by atoms with Crippen LogP contribution in [0.3, 0.4) is 0 Å². The molecule has 2 amide bonds. The Kier molecular flexibility index (Phi) is 4.24. The molecule has 2 unspecified atom stereocenters. The van der Waals surface area contributed by atoms with Crippen molar-refractivity contribution in [3.8, 4) is 5.75 Å². The number of benzene rings is 1. The molecule has 2 rings (SSSR count). The van der Waals surface area contributed by atoms with E-state index in [0.717, 1.165) is 18.5 Å². The lowest BCUT2D eigenvalue weighted by molar-refractivity contribution is -0.129. The SMILES string of the molecule is NC(=O)C1CN(CCc2ccc(O)cc2)CC1C(N)=O. The normalized spacial score (nSPS) is 22.8. The van der Waals surface area contributed by atoms with Crippen LogP contribution in [0.15, 0.2) is 24.3 Å². The maximum absolute atomic E-state index is 11.3. The molecule has 0 aromatic heterocycles. The molecule has 1 fully saturated rings. The summed E-state index contributed by atoms with van der Waals surface area (Å²) in [4.78, 5) is 24.7. The molecule has 1 aromatic carbocycles. The standard InChI is InChI=1S/C14H19N3O3/c15-13(19)11-7-17(8-12(11)14(16)20)6-5-9-1-3-10(18)4-2-9/h1-4,11-12,18H,5-8H2,(H2,15,19)(H2,16,20). The van der Waals surface area contributed by atoms with E-state index >= 15 is 0 Å². The van der Waals surface area contributed by atoms with Crippen molar-refractivity contribution in [3.63, 3.8) is 0 Å². The van der Waals surface area contributed by atoms with Crippen molar-refractivity contribution >= 4 is 11.8 Å². The minimum absolute atomic E-state index is 0.234. The lowest BCUT2D eigenvalue weighted by Gasteiger charge is -2.15. The molecule has 6 nitrogen and oxygen atoms in total. The van der Waals surface area contributed by atoms with E-state index in [4.69, 9.17) is 11.5 Å². The Morgan fingerprint density at radius 1 is 1.10 bits per heavy atom. The van der Waals surface area contributed by atoms with Crippen LogP contribution in [0.1, 0.15) is 5.56 Å². The van der Waals surface area contributed by atoms with Crippen molar-refractivity contribution in [3.05, 3.63) is 29.8 Å². The molecule has 20 heavy (non-hydrogen) atoms. The van der Waals surface area contributed by atoms with E-state index in [1.165, 1.54) is 0 Å². The number of nitrogens with two attached hydrogens (primary N) is 2. The van der Waals surface area contributed by atoms with Gasteiger partial charge >= 0.3 is 0 Å². The van der Waals surface area contributed by atoms with Crippen LogP contribution in [0.5, 0.6) is 5.75 Å². The highest BCUT2D eigenvalue weighted by molar-refractivity contribution is 5.87. The topological polar surface area (TPSA) is 110 Å². The molecule has 0 radical (unpaired) electrons. The smallest absolute Gasteiger partial charge is 0.222 e. The van der Waals surface area contributed by atoms with E-state index < -0.39 is 23.7 Å². The number of phenolic OH excluding ortho intramolecular Hbond substituents is 1. The van der Waals surface area contributed by atoms with E-state index in [0.29, 0.717) is 13.1 Å². The summed E-state index contributed by atoms with van der Waals surface area (Å²) in [5.74, 6) is -1.70. The Hall–Kier alpha value is -2.08. The maximum Gasteiger partial charge on any atom is 0.222 e. The molecule has 1 saturated heterocycles. The number of primary amides is 2. The monoisotopic (exact) mass is 277 g/mol. The van der Waals surface area contributed by atoms with Crippen molar-refractivity contribution < 1.29 is 14.7 Å². The summed E-state index contributed by atoms with van der Waals surface area (Å²) in [5.41, 5.74) is 11.7. The predicted octanol–water partition coefficient (Wildman–Crippen LogP) is -0.547. The van der Waals surface area contributed by atoms with Crippen molar-refractivity contribution in [2.75, 3.05) is 19.6 Å². The van der Waals surface area contributed by atoms with Gasteiger partial charge < -0.3 is 21.5 Å². The van der Waals surface area contributed by atoms with Crippen LogP contribution >= 0.6 is 0 Å². The Morgan fingerprint density at radius 2 is 1.60 bits per heavy atom. The van der Waals surface area contributed by atoms with Crippen LogP contribution in [0.4, 0.5) is 0 Å². The van der Waals surface area contributed by atoms with Gasteiger partial charge in [0.25, 0.3) is 0 Å². The third-order valence-electron chi connectivity index (χ3n) is 3.78. The first-order valence-corrected chi connectivity index (χ1v) is 6.56. The summed E-state index contributed by atoms with van der Waals surface area (Å²) in [6.45, 7) is 1.67. The molecule has 1 aliphatic heterocycles. The van der Waals surface area contributed by atoms with Gasteiger partial charge in [-0.3, -0.25) is 9.59 Å². The zero-order valence-corrected chi connectivity index (χ0v) is 11.2. The number of hydrogen-bond donors (Lipinski definition) is 3. The molecule has 0 spiro atoms. The molecule has 1 heterocycles. The molecule has 2 atom stereocenters. The molecule has 0 aliphatic carbocycles. The van der Waals surface area contributed by atoms with Crippen molar-refractivity contribution in [1.29, 1.82) is 0 Å². The first kappa shape index (κ1) is 14.3. The highest BCUT2D eigenvalue weighted by Gasteiger charge is 2.39. The lowest BCUT2D eigenvalue weighted by atomic mass is 9.95. The van der Waals surface area contributed by atoms with Crippen LogP contribution in [-0.2, 0) is 16.0 Å². The lowest BCUT2D eigenvalue weighted by Crippen LogP contribution is -2.36. The molecule has 5 N–H and O–H groups in total. The second-order valence-electron chi connectivity index (χ2n) is 5.19. The van der Waals surface area contributed by atoms with Gasteiger partial charge in [0.2, 0.25) is 11.8 Å². The average molecular weight is 277 g/mol. The first-order chi connectivity index (χ1) is 9.47. The van der Waals surface area contributed by atoms with Crippen molar-refractivity contribution in [2.45, 2.75) is 6.42 Å². The molecule has 108 valence electrons. The summed E-state index contributed by atoms with van der Waals surface area (Å²) in [6.07, 6.45) is 0.775. The zero-order chi connectivity index (χ0) is 14.7. The van der Waals surface area contributed by atoms with Gasteiger partial charge in [0.15, 0.2) is 0 Å². The van der Waals surface area contributed by atoms with Crippen LogP contribution < -0.4 is 11.5 Å². The molecule has 0 saturated carbocycles. The third-order valence-corrected chi connectivity index (χ3v) is 3.78. The number of nitrogens with zero attached hydrogens (tertiary/aromatic N) is 1. The van der Waals surface area contributed by atoms with E-state index in [9.17, 15) is 14.7 Å². The minimum Gasteiger partial charge on any atom is -0.508 e. The van der Waals surface area contributed by atoms with Gasteiger partial charge in [0.1, 0.15) is 5.75 Å². The number of phenols is 1. The number of aromatic hydroxyl groups is 1. The Balaban J connectivity index is 1.93. The Labute approximate surface area is 117 Å². The van der Waals surface area contributed by atoms with Crippen LogP contribution in [-0.4, -0.2) is 41.5 Å². The number of carbonyl (C=O) groups excluding carboxylic acids is 2. The third kappa shape index (κ3) is 3.27. The van der Waals surface area contributed by atoms with Crippen molar-refractivity contribution in [1.82, 2.24) is 4.90 Å². The molecular weight excluding hydrogens is 258 g/mol. The average Bonchev–Trinajstić information content (AvgIpc) is 2.83. The fraction of sp³-hybridized carbons (Fsp3) is 0.429. The van der Waals surface area contributed by atoms with E-state index in [2.05, 4.69) is 0 Å². The number of carbonyl (C=O) groups is 2. The van der Waals surface area contributed by atoms with E-state index in [1.54, 1.807) is 12.1 Å². The summed E-state index contributed by atoms with van der Waals surface area (Å²) >= 11 is 0. The van der Waals surface area contributed by atoms with Gasteiger partial charge in [-0.2, -0.15) is 0 Å². The van der Waals surface area contributed by atoms with Crippen molar-refractivity contribution in [2.24, 2.45) is 23.3 Å². The van der Waals surface area contributed by atoms with Gasteiger partial charge in [-0.25, -0.2) is 0 Å². The number of rotatable bonds is 5. The summed E-state index contributed by atoms with van der Waals surface area (Å²) in [5, 5.41) is 9.21. The van der Waals surface area contributed by atoms with E-state index in [-0.39, 0.29) is 5.75 Å². The molecule has 6 heteroatoms. The number of amides is 2. The maximum atomic E-state index is 11.3. The molecule has 0 bridgehead atoms. The van der Waals surface area contributed by atoms with Gasteiger partial charge in [-0.05, 0) is 24.1 Å². The molecular formula is C14H19N3O3. The van der Waals surface area contributed by atoms with Crippen LogP contribution in [0, 0.1) is 11.8 Å². The van der Waals surface area contributed by atoms with Gasteiger partial charge in [-0.15, -0.1) is 0 Å². The summed E-state index contributed by atoms with van der Waals surface area (Å²) in [7, 11) is 0. The Bertz CT molecular complexity index is 479. The second kappa shape index (κ2) is 5.92. The zero-order valence-electron chi connectivity index (χ0n) is 11.2. The fourth-order valence-electron chi connectivity index (χ4n) is 2.59. The quantitative estimate of drug-likeness (QED) is 0.671. The van der Waals surface area contributed by atoms with Gasteiger partial charge in [-0.1, -0.05) is 12.1 Å². The predicted molar refractivity (Wildman–Crippen MR) is 73.6 cm³/mol. The molecule has 1 aliphatic rings. The minimum atomic E-state index is -0.493. The largest absolute Gasteiger partial charge is 0.508 e. The van der Waals surface area contributed by atoms with Crippen LogP contribution in [0.2, 0.25) is 0 Å². The van der Waals surface area contributed by atoms with E-state index in [1.807, 2.05) is 17.0 Å². The van der Waals surface area contributed by atoms with Crippen LogP contribution in [0.25, 0.3) is 0 Å². The van der Waals surface area contributed by atoms with Gasteiger partial charge in [0.05, 0.1) is 11.8 Å². The Morgan fingerprint density at radius 3 is 2.05 bits per heavy atom.